The third kappa shape index (κ3) is 1.80. The van der Waals surface area contributed by atoms with Crippen LogP contribution in [-0.2, 0) is 11.3 Å². The lowest BCUT2D eigenvalue weighted by Crippen LogP contribution is -2.08. The first kappa shape index (κ1) is 7.78. The molecule has 0 bridgehead atoms. The molecule has 11 heavy (non-hydrogen) atoms. The molecule has 1 heterocycles. The summed E-state index contributed by atoms with van der Waals surface area (Å²) in [5.41, 5.74) is 1.90. The smallest absolute Gasteiger partial charge is 0.325 e. The molecule has 0 aliphatic rings. The minimum atomic E-state index is -0.868. The third-order valence-electron chi connectivity index (χ3n) is 1.49. The van der Waals surface area contributed by atoms with Crippen LogP contribution in [0, 0.1) is 13.8 Å². The molecule has 0 unspecified atom stereocenters. The maximum absolute atomic E-state index is 10.2. The first-order valence-corrected chi connectivity index (χ1v) is 3.32. The predicted molar refractivity (Wildman–Crippen MR) is 39.3 cm³/mol. The number of hydrogen-bond acceptors (Lipinski definition) is 2. The lowest BCUT2D eigenvalue weighted by molar-refractivity contribution is -0.137. The van der Waals surface area contributed by atoms with Gasteiger partial charge in [-0.1, -0.05) is 0 Å². The zero-order valence-corrected chi connectivity index (χ0v) is 6.53. The molecule has 60 valence electrons. The second-order valence-corrected chi connectivity index (χ2v) is 2.49. The van der Waals surface area contributed by atoms with E-state index in [9.17, 15) is 4.79 Å². The molecule has 1 aromatic rings. The minimum Gasteiger partial charge on any atom is -0.480 e. The monoisotopic (exact) mass is 154 g/mol. The lowest BCUT2D eigenvalue weighted by atomic mass is 10.3. The normalized spacial score (nSPS) is 10.0. The summed E-state index contributed by atoms with van der Waals surface area (Å²) in [6, 6.07) is 0. The average molecular weight is 154 g/mol. The van der Waals surface area contributed by atoms with Crippen LogP contribution >= 0.6 is 0 Å². The Morgan fingerprint density at radius 1 is 1.73 bits per heavy atom. The van der Waals surface area contributed by atoms with Crippen LogP contribution in [-0.4, -0.2) is 20.9 Å². The Hall–Kier alpha value is -1.32. The van der Waals surface area contributed by atoms with Crippen LogP contribution in [0.1, 0.15) is 11.3 Å². The molecule has 0 saturated carbocycles. The van der Waals surface area contributed by atoms with Gasteiger partial charge in [0.2, 0.25) is 0 Å². The van der Waals surface area contributed by atoms with Crippen LogP contribution in [0.3, 0.4) is 0 Å². The van der Waals surface area contributed by atoms with Crippen LogP contribution in [0.5, 0.6) is 0 Å². The number of carbonyl (C=O) groups is 1. The number of rotatable bonds is 2. The molecule has 1 rings (SSSR count). The predicted octanol–water partition coefficient (Wildman–Crippen LogP) is 0.585. The van der Waals surface area contributed by atoms with Crippen LogP contribution in [0.25, 0.3) is 0 Å². The maximum atomic E-state index is 10.2. The van der Waals surface area contributed by atoms with Crippen molar-refractivity contribution in [1.29, 1.82) is 0 Å². The van der Waals surface area contributed by atoms with Crippen molar-refractivity contribution in [3.05, 3.63) is 17.5 Å². The Morgan fingerprint density at radius 3 is 2.73 bits per heavy atom. The van der Waals surface area contributed by atoms with E-state index in [4.69, 9.17) is 5.11 Å². The molecule has 0 spiro atoms. The summed E-state index contributed by atoms with van der Waals surface area (Å²) in [5.74, 6) is -0.868. The van der Waals surface area contributed by atoms with E-state index < -0.39 is 5.97 Å². The molecule has 0 fully saturated rings. The highest BCUT2D eigenvalue weighted by Crippen LogP contribution is 2.01. The number of hydrogen-bond donors (Lipinski definition) is 1. The molecule has 0 aliphatic heterocycles. The molecule has 0 atom stereocenters. The van der Waals surface area contributed by atoms with Gasteiger partial charge in [0, 0.05) is 6.20 Å². The van der Waals surface area contributed by atoms with Gasteiger partial charge in [-0.25, -0.2) is 0 Å². The zero-order chi connectivity index (χ0) is 8.43. The summed E-state index contributed by atoms with van der Waals surface area (Å²) in [6.07, 6.45) is 1.73. The first-order chi connectivity index (χ1) is 5.09. The summed E-state index contributed by atoms with van der Waals surface area (Å²) in [4.78, 5) is 10.2. The summed E-state index contributed by atoms with van der Waals surface area (Å²) in [6.45, 7) is 3.70. The minimum absolute atomic E-state index is 0.0608. The van der Waals surface area contributed by atoms with Gasteiger partial charge in [-0.3, -0.25) is 9.48 Å². The van der Waals surface area contributed by atoms with E-state index in [2.05, 4.69) is 5.10 Å². The van der Waals surface area contributed by atoms with Crippen molar-refractivity contribution in [2.75, 3.05) is 0 Å². The molecule has 4 heteroatoms. The molecule has 0 radical (unpaired) electrons. The zero-order valence-electron chi connectivity index (χ0n) is 6.53. The van der Waals surface area contributed by atoms with Crippen LogP contribution in [0.15, 0.2) is 6.20 Å². The largest absolute Gasteiger partial charge is 0.480 e. The molecule has 0 saturated heterocycles. The van der Waals surface area contributed by atoms with E-state index in [0.717, 1.165) is 11.3 Å². The van der Waals surface area contributed by atoms with Gasteiger partial charge in [0.25, 0.3) is 0 Å². The molecule has 1 N–H and O–H groups in total. The highest BCUT2D eigenvalue weighted by molar-refractivity contribution is 5.66. The molecule has 0 aromatic carbocycles. The van der Waals surface area contributed by atoms with Crippen LogP contribution in [0.2, 0.25) is 0 Å². The first-order valence-electron chi connectivity index (χ1n) is 3.32. The fourth-order valence-corrected chi connectivity index (χ4v) is 0.837. The Balaban J connectivity index is 2.81. The maximum Gasteiger partial charge on any atom is 0.325 e. The highest BCUT2D eigenvalue weighted by atomic mass is 16.4. The van der Waals surface area contributed by atoms with Crippen LogP contribution in [0.4, 0.5) is 0 Å². The van der Waals surface area contributed by atoms with Gasteiger partial charge in [-0.2, -0.15) is 5.10 Å². The number of aromatic nitrogens is 2. The second-order valence-electron chi connectivity index (χ2n) is 2.49. The average Bonchev–Trinajstić information content (AvgIpc) is 2.10. The Labute approximate surface area is 64.5 Å². The van der Waals surface area contributed by atoms with Crippen molar-refractivity contribution in [1.82, 2.24) is 9.78 Å². The summed E-state index contributed by atoms with van der Waals surface area (Å²) >= 11 is 0. The van der Waals surface area contributed by atoms with Gasteiger partial charge in [-0.05, 0) is 19.4 Å². The lowest BCUT2D eigenvalue weighted by Gasteiger charge is -1.92. The quantitative estimate of drug-likeness (QED) is 0.678. The van der Waals surface area contributed by atoms with Gasteiger partial charge in [0.1, 0.15) is 6.54 Å². The van der Waals surface area contributed by atoms with Crippen molar-refractivity contribution in [2.24, 2.45) is 0 Å². The number of aryl methyl sites for hydroxylation is 2. The van der Waals surface area contributed by atoms with Gasteiger partial charge < -0.3 is 5.11 Å². The fraction of sp³-hybridized carbons (Fsp3) is 0.429. The van der Waals surface area contributed by atoms with Crippen molar-refractivity contribution in [2.45, 2.75) is 20.4 Å². The van der Waals surface area contributed by atoms with E-state index >= 15 is 0 Å². The van der Waals surface area contributed by atoms with E-state index in [-0.39, 0.29) is 6.54 Å². The van der Waals surface area contributed by atoms with Crippen molar-refractivity contribution in [3.8, 4) is 0 Å². The second kappa shape index (κ2) is 2.74. The van der Waals surface area contributed by atoms with Gasteiger partial charge in [-0.15, -0.1) is 0 Å². The summed E-state index contributed by atoms with van der Waals surface area (Å²) < 4.78 is 1.42. The fourth-order valence-electron chi connectivity index (χ4n) is 0.837. The van der Waals surface area contributed by atoms with Crippen molar-refractivity contribution >= 4 is 5.97 Å². The van der Waals surface area contributed by atoms with Gasteiger partial charge in [0.15, 0.2) is 0 Å². The number of nitrogens with zero attached hydrogens (tertiary/aromatic N) is 2. The molecular formula is C7H10N2O2. The molecular weight excluding hydrogens is 144 g/mol. The van der Waals surface area contributed by atoms with Crippen molar-refractivity contribution in [3.63, 3.8) is 0 Å². The van der Waals surface area contributed by atoms with E-state index in [1.54, 1.807) is 6.20 Å². The highest BCUT2D eigenvalue weighted by Gasteiger charge is 2.02. The SMILES string of the molecule is Cc1cn(CC(=O)O)nc1C. The van der Waals surface area contributed by atoms with Crippen molar-refractivity contribution < 1.29 is 9.90 Å². The Kier molecular flexibility index (Phi) is 1.94. The number of aliphatic carboxylic acids is 1. The molecule has 0 aliphatic carbocycles. The van der Waals surface area contributed by atoms with E-state index in [1.807, 2.05) is 13.8 Å². The number of carboxylic acids is 1. The third-order valence-corrected chi connectivity index (χ3v) is 1.49. The van der Waals surface area contributed by atoms with Crippen LogP contribution < -0.4 is 0 Å². The van der Waals surface area contributed by atoms with E-state index in [0.29, 0.717) is 0 Å². The summed E-state index contributed by atoms with van der Waals surface area (Å²) in [5, 5.41) is 12.4. The van der Waals surface area contributed by atoms with E-state index in [1.165, 1.54) is 4.68 Å². The molecule has 4 nitrogen and oxygen atoms in total. The summed E-state index contributed by atoms with van der Waals surface area (Å²) in [7, 11) is 0. The Morgan fingerprint density at radius 2 is 2.36 bits per heavy atom. The Bertz CT molecular complexity index is 258. The standard InChI is InChI=1S/C7H10N2O2/c1-5-3-9(4-7(10)11)8-6(5)2/h3H,4H2,1-2H3,(H,10,11). The number of carboxylic acid groups (broad SMARTS) is 1. The molecule has 1 aromatic heterocycles. The molecule has 0 amide bonds. The topological polar surface area (TPSA) is 55.1 Å². The van der Waals surface area contributed by atoms with Gasteiger partial charge in [0.05, 0.1) is 5.69 Å². The van der Waals surface area contributed by atoms with Gasteiger partial charge >= 0.3 is 5.97 Å².